The summed E-state index contributed by atoms with van der Waals surface area (Å²) in [6.07, 6.45) is 0. The highest BCUT2D eigenvalue weighted by atomic mass is 16.5. The molecule has 0 saturated carbocycles. The molecule has 0 radical (unpaired) electrons. The van der Waals surface area contributed by atoms with Crippen LogP contribution in [0.4, 0.5) is 11.4 Å². The molecule has 0 aromatic heterocycles. The van der Waals surface area contributed by atoms with Gasteiger partial charge >= 0.3 is 0 Å². The van der Waals surface area contributed by atoms with Gasteiger partial charge in [0.25, 0.3) is 0 Å². The lowest BCUT2D eigenvalue weighted by atomic mass is 10.0. The second-order valence-corrected chi connectivity index (χ2v) is 4.72. The predicted octanol–water partition coefficient (Wildman–Crippen LogP) is 2.57. The number of ketones is 1. The average molecular weight is 270 g/mol. The Morgan fingerprint density at radius 1 is 1.10 bits per heavy atom. The van der Waals surface area contributed by atoms with E-state index in [1.54, 1.807) is 37.4 Å². The van der Waals surface area contributed by atoms with Crippen molar-refractivity contribution in [1.29, 1.82) is 0 Å². The Bertz CT molecular complexity index is 619. The molecule has 0 aliphatic heterocycles. The summed E-state index contributed by atoms with van der Waals surface area (Å²) in [6, 6.07) is 12.5. The van der Waals surface area contributed by atoms with Crippen molar-refractivity contribution in [2.24, 2.45) is 0 Å². The minimum Gasteiger partial charge on any atom is -0.497 e. The van der Waals surface area contributed by atoms with Crippen LogP contribution < -0.4 is 15.4 Å². The van der Waals surface area contributed by atoms with Crippen molar-refractivity contribution in [2.45, 2.75) is 0 Å². The van der Waals surface area contributed by atoms with Crippen LogP contribution >= 0.6 is 0 Å². The first kappa shape index (κ1) is 13.9. The van der Waals surface area contributed by atoms with Gasteiger partial charge in [-0.3, -0.25) is 4.79 Å². The van der Waals surface area contributed by atoms with Gasteiger partial charge in [-0.1, -0.05) is 0 Å². The Labute approximate surface area is 118 Å². The normalized spacial score (nSPS) is 10.2. The molecule has 0 atom stereocenters. The first-order valence-electron chi connectivity index (χ1n) is 6.28. The van der Waals surface area contributed by atoms with Crippen LogP contribution in [0.15, 0.2) is 42.5 Å². The molecule has 0 bridgehead atoms. The number of nitrogen functional groups attached to an aromatic ring is 1. The number of hydrogen-bond donors (Lipinski definition) is 1. The minimum absolute atomic E-state index is 0.0875. The first-order chi connectivity index (χ1) is 9.52. The number of nitrogens with two attached hydrogens (primary N) is 1. The van der Waals surface area contributed by atoms with E-state index < -0.39 is 0 Å². The van der Waals surface area contributed by atoms with E-state index in [0.29, 0.717) is 22.6 Å². The second-order valence-electron chi connectivity index (χ2n) is 4.72. The largest absolute Gasteiger partial charge is 0.497 e. The number of rotatable bonds is 4. The maximum absolute atomic E-state index is 12.4. The summed E-state index contributed by atoms with van der Waals surface area (Å²) in [7, 11) is 5.48. The molecular weight excluding hydrogens is 252 g/mol. The summed E-state index contributed by atoms with van der Waals surface area (Å²) < 4.78 is 5.08. The topological polar surface area (TPSA) is 55.6 Å². The summed E-state index contributed by atoms with van der Waals surface area (Å²) in [5.74, 6) is 0.553. The van der Waals surface area contributed by atoms with E-state index in [0.717, 1.165) is 5.69 Å². The lowest BCUT2D eigenvalue weighted by Crippen LogP contribution is -2.09. The summed E-state index contributed by atoms with van der Waals surface area (Å²) in [5, 5.41) is 0. The lowest BCUT2D eigenvalue weighted by Gasteiger charge is -2.13. The first-order valence-corrected chi connectivity index (χ1v) is 6.28. The number of nitrogens with zero attached hydrogens (tertiary/aromatic N) is 1. The second kappa shape index (κ2) is 5.65. The minimum atomic E-state index is -0.0875. The van der Waals surface area contributed by atoms with E-state index in [1.165, 1.54) is 0 Å². The molecule has 2 aromatic rings. The quantitative estimate of drug-likeness (QED) is 0.685. The smallest absolute Gasteiger partial charge is 0.195 e. The van der Waals surface area contributed by atoms with Crippen molar-refractivity contribution < 1.29 is 9.53 Å². The summed E-state index contributed by atoms with van der Waals surface area (Å²) in [4.78, 5) is 14.4. The highest BCUT2D eigenvalue weighted by Gasteiger charge is 2.13. The number of hydrogen-bond acceptors (Lipinski definition) is 4. The predicted molar refractivity (Wildman–Crippen MR) is 81.6 cm³/mol. The van der Waals surface area contributed by atoms with Crippen molar-refractivity contribution in [1.82, 2.24) is 0 Å². The van der Waals surface area contributed by atoms with Crippen molar-refractivity contribution in [3.8, 4) is 5.75 Å². The molecule has 0 saturated heterocycles. The molecule has 2 aromatic carbocycles. The molecule has 4 heteroatoms. The van der Waals surface area contributed by atoms with E-state index >= 15 is 0 Å². The molecule has 4 nitrogen and oxygen atoms in total. The van der Waals surface area contributed by atoms with Gasteiger partial charge in [0, 0.05) is 42.7 Å². The van der Waals surface area contributed by atoms with Crippen molar-refractivity contribution in [3.63, 3.8) is 0 Å². The van der Waals surface area contributed by atoms with Gasteiger partial charge in [0.05, 0.1) is 7.11 Å². The number of anilines is 2. The third kappa shape index (κ3) is 2.74. The molecule has 2 N–H and O–H groups in total. The number of ether oxygens (including phenoxy) is 1. The maximum atomic E-state index is 12.4. The van der Waals surface area contributed by atoms with Crippen LogP contribution in [-0.4, -0.2) is 27.0 Å². The highest BCUT2D eigenvalue weighted by molar-refractivity contribution is 6.12. The van der Waals surface area contributed by atoms with Gasteiger partial charge in [0.15, 0.2) is 5.78 Å². The van der Waals surface area contributed by atoms with Gasteiger partial charge in [0.1, 0.15) is 5.75 Å². The Balaban J connectivity index is 2.31. The Morgan fingerprint density at radius 3 is 2.25 bits per heavy atom. The van der Waals surface area contributed by atoms with Gasteiger partial charge < -0.3 is 15.4 Å². The Morgan fingerprint density at radius 2 is 1.75 bits per heavy atom. The molecule has 0 fully saturated rings. The fourth-order valence-electron chi connectivity index (χ4n) is 1.94. The average Bonchev–Trinajstić information content (AvgIpc) is 2.46. The molecule has 20 heavy (non-hydrogen) atoms. The van der Waals surface area contributed by atoms with E-state index in [9.17, 15) is 4.79 Å². The summed E-state index contributed by atoms with van der Waals surface area (Å²) >= 11 is 0. The fourth-order valence-corrected chi connectivity index (χ4v) is 1.94. The van der Waals surface area contributed by atoms with Crippen molar-refractivity contribution in [3.05, 3.63) is 53.6 Å². The van der Waals surface area contributed by atoms with Gasteiger partial charge in [-0.25, -0.2) is 0 Å². The fraction of sp³-hybridized carbons (Fsp3) is 0.188. The van der Waals surface area contributed by atoms with Gasteiger partial charge in [-0.15, -0.1) is 0 Å². The van der Waals surface area contributed by atoms with Crippen LogP contribution in [-0.2, 0) is 0 Å². The van der Waals surface area contributed by atoms with E-state index in [4.69, 9.17) is 10.5 Å². The molecule has 0 aliphatic carbocycles. The number of methoxy groups -OCH3 is 1. The molecule has 104 valence electrons. The number of carbonyl (C=O) groups excluding carboxylic acids is 1. The monoisotopic (exact) mass is 270 g/mol. The highest BCUT2D eigenvalue weighted by Crippen LogP contribution is 2.23. The van der Waals surface area contributed by atoms with Crippen LogP contribution in [0.3, 0.4) is 0 Å². The van der Waals surface area contributed by atoms with Crippen LogP contribution in [0.2, 0.25) is 0 Å². The third-order valence-electron chi connectivity index (χ3n) is 3.15. The maximum Gasteiger partial charge on any atom is 0.195 e. The molecule has 0 aliphatic rings. The van der Waals surface area contributed by atoms with E-state index in [-0.39, 0.29) is 5.78 Å². The van der Waals surface area contributed by atoms with Crippen molar-refractivity contribution in [2.75, 3.05) is 31.8 Å². The van der Waals surface area contributed by atoms with Crippen LogP contribution in [0, 0.1) is 0 Å². The lowest BCUT2D eigenvalue weighted by molar-refractivity contribution is 0.103. The molecule has 0 heterocycles. The van der Waals surface area contributed by atoms with Crippen LogP contribution in [0.1, 0.15) is 15.9 Å². The van der Waals surface area contributed by atoms with Crippen LogP contribution in [0.25, 0.3) is 0 Å². The van der Waals surface area contributed by atoms with Gasteiger partial charge in [0.2, 0.25) is 0 Å². The number of benzene rings is 2. The molecule has 0 unspecified atom stereocenters. The zero-order valence-corrected chi connectivity index (χ0v) is 11.9. The van der Waals surface area contributed by atoms with Crippen molar-refractivity contribution >= 4 is 17.2 Å². The summed E-state index contributed by atoms with van der Waals surface area (Å²) in [6.45, 7) is 0. The third-order valence-corrected chi connectivity index (χ3v) is 3.15. The van der Waals surface area contributed by atoms with E-state index in [1.807, 2.05) is 31.1 Å². The summed E-state index contributed by atoms with van der Waals surface area (Å²) in [5.41, 5.74) is 8.48. The molecule has 2 rings (SSSR count). The molecular formula is C16H18N2O2. The number of carbonyl (C=O) groups is 1. The van der Waals surface area contributed by atoms with E-state index in [2.05, 4.69) is 0 Å². The molecule has 0 amide bonds. The molecule has 0 spiro atoms. The Kier molecular flexibility index (Phi) is 3.94. The van der Waals surface area contributed by atoms with Crippen LogP contribution in [0.5, 0.6) is 5.75 Å². The van der Waals surface area contributed by atoms with Gasteiger partial charge in [-0.05, 0) is 36.4 Å². The SMILES string of the molecule is COc1ccc(C(=O)c2ccc(N(C)C)cc2)c(N)c1. The standard InChI is InChI=1S/C16H18N2O2/c1-18(2)12-6-4-11(5-7-12)16(19)14-9-8-13(20-3)10-15(14)17/h4-10H,17H2,1-3H3. The zero-order chi connectivity index (χ0) is 14.7. The Hall–Kier alpha value is -2.49. The zero-order valence-electron chi connectivity index (χ0n) is 11.9. The van der Waals surface area contributed by atoms with Gasteiger partial charge in [-0.2, -0.15) is 0 Å².